The minimum Gasteiger partial charge on any atom is -0.320 e. The lowest BCUT2D eigenvalue weighted by molar-refractivity contribution is -0.115. The number of aryl methyl sites for hydroxylation is 1. The summed E-state index contributed by atoms with van der Waals surface area (Å²) >= 11 is 0. The zero-order valence-corrected chi connectivity index (χ0v) is 15.9. The molecule has 2 N–H and O–H groups in total. The molecule has 3 aromatic rings. The molecule has 3 rings (SSSR count). The minimum absolute atomic E-state index is 0.218. The number of halogens is 3. The van der Waals surface area contributed by atoms with Gasteiger partial charge in [0, 0.05) is 0 Å². The highest BCUT2D eigenvalue weighted by molar-refractivity contribution is 5.92. The molecule has 0 aliphatic heterocycles. The number of carbonyl (C=O) groups excluding carboxylic acids is 1. The van der Waals surface area contributed by atoms with E-state index in [1.807, 2.05) is 31.2 Å². The van der Waals surface area contributed by atoms with Gasteiger partial charge in [-0.3, -0.25) is 10.1 Å². The summed E-state index contributed by atoms with van der Waals surface area (Å²) in [7, 11) is 0. The number of nitrogens with one attached hydrogen (secondary N) is 2. The number of hydrogen-bond acceptors (Lipinski definition) is 2. The fourth-order valence-electron chi connectivity index (χ4n) is 3.06. The standard InChI is InChI=1S/C23H21F3N2O/c1-2-15-9-11-16(12-10-15)22(17-5-3-6-18(24)13-17)27-14-21(29)28-23-19(25)7-4-8-20(23)26/h3-13,22,27H,2,14H2,1H3,(H,28,29)/t22-/m0/s1. The van der Waals surface area contributed by atoms with E-state index in [4.69, 9.17) is 0 Å². The average Bonchev–Trinajstić information content (AvgIpc) is 2.71. The molecule has 0 aromatic heterocycles. The van der Waals surface area contributed by atoms with E-state index in [0.717, 1.165) is 29.7 Å². The Morgan fingerprint density at radius 2 is 1.55 bits per heavy atom. The number of amides is 1. The van der Waals surface area contributed by atoms with Crippen molar-refractivity contribution in [3.05, 3.63) is 101 Å². The maximum atomic E-state index is 13.7. The first kappa shape index (κ1) is 20.6. The van der Waals surface area contributed by atoms with E-state index >= 15 is 0 Å². The second kappa shape index (κ2) is 9.39. The monoisotopic (exact) mass is 398 g/mol. The summed E-state index contributed by atoms with van der Waals surface area (Å²) in [6.45, 7) is 1.83. The number of benzene rings is 3. The first-order valence-corrected chi connectivity index (χ1v) is 9.29. The summed E-state index contributed by atoms with van der Waals surface area (Å²) in [5.74, 6) is -2.71. The molecule has 0 spiro atoms. The van der Waals surface area contributed by atoms with Gasteiger partial charge in [0.15, 0.2) is 0 Å². The predicted octanol–water partition coefficient (Wildman–Crippen LogP) is 4.98. The van der Waals surface area contributed by atoms with Crippen LogP contribution in [0.15, 0.2) is 66.7 Å². The normalized spacial score (nSPS) is 11.9. The third kappa shape index (κ3) is 5.23. The lowest BCUT2D eigenvalue weighted by Crippen LogP contribution is -2.32. The Morgan fingerprint density at radius 1 is 0.897 bits per heavy atom. The Morgan fingerprint density at radius 3 is 2.17 bits per heavy atom. The Labute approximate surface area is 167 Å². The van der Waals surface area contributed by atoms with Crippen LogP contribution < -0.4 is 10.6 Å². The third-order valence-corrected chi connectivity index (χ3v) is 4.60. The molecular weight excluding hydrogens is 377 g/mol. The molecule has 0 fully saturated rings. The largest absolute Gasteiger partial charge is 0.320 e. The summed E-state index contributed by atoms with van der Waals surface area (Å²) < 4.78 is 41.2. The van der Waals surface area contributed by atoms with Crippen LogP contribution in [0.2, 0.25) is 0 Å². The fourth-order valence-corrected chi connectivity index (χ4v) is 3.06. The summed E-state index contributed by atoms with van der Waals surface area (Å²) in [6, 6.07) is 16.7. The smallest absolute Gasteiger partial charge is 0.238 e. The van der Waals surface area contributed by atoms with Gasteiger partial charge in [-0.05, 0) is 47.4 Å². The second-order valence-electron chi connectivity index (χ2n) is 6.61. The zero-order chi connectivity index (χ0) is 20.8. The number of anilines is 1. The minimum atomic E-state index is -0.852. The quantitative estimate of drug-likeness (QED) is 0.589. The first-order valence-electron chi connectivity index (χ1n) is 9.29. The molecule has 3 nitrogen and oxygen atoms in total. The van der Waals surface area contributed by atoms with Gasteiger partial charge < -0.3 is 5.32 Å². The van der Waals surface area contributed by atoms with Crippen LogP contribution in [0.4, 0.5) is 18.9 Å². The van der Waals surface area contributed by atoms with Gasteiger partial charge in [0.2, 0.25) is 5.91 Å². The van der Waals surface area contributed by atoms with Gasteiger partial charge in [0.1, 0.15) is 23.1 Å². The molecule has 0 saturated heterocycles. The average molecular weight is 398 g/mol. The molecule has 29 heavy (non-hydrogen) atoms. The second-order valence-corrected chi connectivity index (χ2v) is 6.61. The van der Waals surface area contributed by atoms with E-state index in [-0.39, 0.29) is 6.54 Å². The molecule has 3 aromatic carbocycles. The van der Waals surface area contributed by atoms with Gasteiger partial charge in [-0.15, -0.1) is 0 Å². The van der Waals surface area contributed by atoms with Crippen molar-refractivity contribution in [3.8, 4) is 0 Å². The van der Waals surface area contributed by atoms with Crippen LogP contribution >= 0.6 is 0 Å². The van der Waals surface area contributed by atoms with Crippen LogP contribution in [-0.4, -0.2) is 12.5 Å². The molecule has 6 heteroatoms. The zero-order valence-electron chi connectivity index (χ0n) is 15.9. The molecule has 0 radical (unpaired) electrons. The van der Waals surface area contributed by atoms with Crippen LogP contribution in [0.25, 0.3) is 0 Å². The summed E-state index contributed by atoms with van der Waals surface area (Å²) in [4.78, 5) is 12.3. The van der Waals surface area contributed by atoms with Crippen molar-refractivity contribution < 1.29 is 18.0 Å². The fraction of sp³-hybridized carbons (Fsp3) is 0.174. The van der Waals surface area contributed by atoms with Gasteiger partial charge in [0.05, 0.1) is 12.6 Å². The van der Waals surface area contributed by atoms with E-state index in [1.54, 1.807) is 12.1 Å². The number of hydrogen-bond donors (Lipinski definition) is 2. The SMILES string of the molecule is CCc1ccc([C@H](NCC(=O)Nc2c(F)cccc2F)c2cccc(F)c2)cc1. The van der Waals surface area contributed by atoms with Gasteiger partial charge in [0.25, 0.3) is 0 Å². The van der Waals surface area contributed by atoms with E-state index in [1.165, 1.54) is 18.2 Å². The first-order chi connectivity index (χ1) is 14.0. The van der Waals surface area contributed by atoms with Crippen molar-refractivity contribution in [2.45, 2.75) is 19.4 Å². The van der Waals surface area contributed by atoms with Crippen LogP contribution in [0, 0.1) is 17.5 Å². The molecule has 1 atom stereocenters. The predicted molar refractivity (Wildman–Crippen MR) is 107 cm³/mol. The maximum absolute atomic E-state index is 13.7. The van der Waals surface area contributed by atoms with Gasteiger partial charge in [-0.25, -0.2) is 13.2 Å². The van der Waals surface area contributed by atoms with E-state index in [2.05, 4.69) is 10.6 Å². The van der Waals surface area contributed by atoms with E-state index < -0.39 is 35.1 Å². The molecule has 0 aliphatic rings. The van der Waals surface area contributed by atoms with Crippen molar-refractivity contribution in [1.82, 2.24) is 5.32 Å². The Balaban J connectivity index is 1.78. The molecule has 0 heterocycles. The van der Waals surface area contributed by atoms with Gasteiger partial charge in [-0.1, -0.05) is 49.4 Å². The molecule has 150 valence electrons. The topological polar surface area (TPSA) is 41.1 Å². The summed E-state index contributed by atoms with van der Waals surface area (Å²) in [5.41, 5.74) is 2.14. The molecule has 0 unspecified atom stereocenters. The molecule has 0 saturated carbocycles. The van der Waals surface area contributed by atoms with Crippen molar-refractivity contribution >= 4 is 11.6 Å². The Kier molecular flexibility index (Phi) is 6.67. The highest BCUT2D eigenvalue weighted by Gasteiger charge is 2.17. The van der Waals surface area contributed by atoms with Crippen LogP contribution in [0.3, 0.4) is 0 Å². The Bertz CT molecular complexity index is 969. The highest BCUT2D eigenvalue weighted by atomic mass is 19.1. The van der Waals surface area contributed by atoms with Crippen molar-refractivity contribution in [2.24, 2.45) is 0 Å². The number of rotatable bonds is 7. The number of carbonyl (C=O) groups is 1. The lowest BCUT2D eigenvalue weighted by atomic mass is 9.97. The van der Waals surface area contributed by atoms with Crippen molar-refractivity contribution in [2.75, 3.05) is 11.9 Å². The Hall–Kier alpha value is -3.12. The highest BCUT2D eigenvalue weighted by Crippen LogP contribution is 2.24. The molecule has 0 aliphatic carbocycles. The van der Waals surface area contributed by atoms with E-state index in [0.29, 0.717) is 5.56 Å². The maximum Gasteiger partial charge on any atom is 0.238 e. The summed E-state index contributed by atoms with van der Waals surface area (Å²) in [5, 5.41) is 5.29. The molecule has 1 amide bonds. The van der Waals surface area contributed by atoms with Crippen LogP contribution in [-0.2, 0) is 11.2 Å². The number of para-hydroxylation sites is 1. The van der Waals surface area contributed by atoms with Gasteiger partial charge in [-0.2, -0.15) is 0 Å². The van der Waals surface area contributed by atoms with Crippen LogP contribution in [0.1, 0.15) is 29.7 Å². The van der Waals surface area contributed by atoms with Crippen molar-refractivity contribution in [3.63, 3.8) is 0 Å². The van der Waals surface area contributed by atoms with Gasteiger partial charge >= 0.3 is 0 Å². The third-order valence-electron chi connectivity index (χ3n) is 4.60. The van der Waals surface area contributed by atoms with E-state index in [9.17, 15) is 18.0 Å². The van der Waals surface area contributed by atoms with Crippen LogP contribution in [0.5, 0.6) is 0 Å². The summed E-state index contributed by atoms with van der Waals surface area (Å²) in [6.07, 6.45) is 0.884. The van der Waals surface area contributed by atoms with Crippen molar-refractivity contribution in [1.29, 1.82) is 0 Å². The molecule has 0 bridgehead atoms. The molecular formula is C23H21F3N2O. The lowest BCUT2D eigenvalue weighted by Gasteiger charge is -2.20.